The van der Waals surface area contributed by atoms with Gasteiger partial charge in [-0.25, -0.2) is 4.57 Å². The van der Waals surface area contributed by atoms with Crippen LogP contribution in [0.2, 0.25) is 0 Å². The monoisotopic (exact) mass is 1020 g/mol. The Bertz CT molecular complexity index is 1350. The maximum absolute atomic E-state index is 12.7. The van der Waals surface area contributed by atoms with E-state index in [2.05, 4.69) is 74.6 Å². The second-order valence-electron chi connectivity index (χ2n) is 19.8. The van der Waals surface area contributed by atoms with E-state index in [0.29, 0.717) is 6.42 Å². The minimum atomic E-state index is -4.39. The van der Waals surface area contributed by atoms with Crippen LogP contribution in [0.1, 0.15) is 284 Å². The highest BCUT2D eigenvalue weighted by molar-refractivity contribution is 7.47. The zero-order chi connectivity index (χ0) is 51.7. The Morgan fingerprint density at radius 2 is 0.775 bits per heavy atom. The summed E-state index contributed by atoms with van der Waals surface area (Å²) in [5, 5.41) is 0. The number of allylic oxidation sites excluding steroid dienone is 10. The SMILES string of the molecule is CC/C=C\C/C=C\C/C=C\C/C=C\CCCCCCC(=O)OC(COC(=O)CCCCCCCCCCCCCCCCCCCCCCC/C=C\CCCCCCCCCC)COP(=O)(O)OCCN. The number of carbonyl (C=O) groups is 2. The molecule has 10 heteroatoms. The second kappa shape index (κ2) is 57.0. The highest BCUT2D eigenvalue weighted by Crippen LogP contribution is 2.43. The van der Waals surface area contributed by atoms with Gasteiger partial charge in [-0.15, -0.1) is 0 Å². The Labute approximate surface area is 438 Å². The molecule has 0 aromatic rings. The lowest BCUT2D eigenvalue weighted by atomic mass is 10.0. The van der Waals surface area contributed by atoms with Gasteiger partial charge in [-0.1, -0.05) is 254 Å². The maximum atomic E-state index is 12.7. The van der Waals surface area contributed by atoms with Crippen molar-refractivity contribution in [1.82, 2.24) is 0 Å². The first-order valence-electron chi connectivity index (χ1n) is 29.8. The van der Waals surface area contributed by atoms with Crippen LogP contribution in [0.15, 0.2) is 60.8 Å². The Balaban J connectivity index is 3.86. The van der Waals surface area contributed by atoms with Crippen molar-refractivity contribution in [3.63, 3.8) is 0 Å². The van der Waals surface area contributed by atoms with Crippen LogP contribution in [0.4, 0.5) is 0 Å². The minimum absolute atomic E-state index is 0.0479. The van der Waals surface area contributed by atoms with Gasteiger partial charge in [0.2, 0.25) is 0 Å². The van der Waals surface area contributed by atoms with Gasteiger partial charge in [0.1, 0.15) is 6.61 Å². The Kier molecular flexibility index (Phi) is 55.2. The molecule has 0 spiro atoms. The third kappa shape index (κ3) is 56.9. The van der Waals surface area contributed by atoms with Gasteiger partial charge in [0.25, 0.3) is 0 Å². The maximum Gasteiger partial charge on any atom is 0.472 e. The smallest absolute Gasteiger partial charge is 0.462 e. The predicted octanol–water partition coefficient (Wildman–Crippen LogP) is 18.7. The number of hydrogen-bond acceptors (Lipinski definition) is 8. The molecule has 0 bridgehead atoms. The van der Waals surface area contributed by atoms with Crippen LogP contribution in [0.25, 0.3) is 0 Å². The lowest BCUT2D eigenvalue weighted by Crippen LogP contribution is -2.29. The molecule has 0 fully saturated rings. The molecule has 0 aromatic carbocycles. The van der Waals surface area contributed by atoms with E-state index in [1.807, 2.05) is 0 Å². The molecule has 414 valence electrons. The van der Waals surface area contributed by atoms with E-state index in [4.69, 9.17) is 24.3 Å². The van der Waals surface area contributed by atoms with Crippen molar-refractivity contribution in [2.45, 2.75) is 290 Å². The van der Waals surface area contributed by atoms with Crippen LogP contribution in [-0.4, -0.2) is 49.3 Å². The van der Waals surface area contributed by atoms with Gasteiger partial charge in [-0.05, 0) is 77.0 Å². The van der Waals surface area contributed by atoms with Crippen LogP contribution >= 0.6 is 7.82 Å². The Morgan fingerprint density at radius 3 is 1.17 bits per heavy atom. The zero-order valence-corrected chi connectivity index (χ0v) is 47.1. The molecule has 3 N–H and O–H groups in total. The summed E-state index contributed by atoms with van der Waals surface area (Å²) < 4.78 is 33.0. The molecular formula is C61H112NO8P. The summed E-state index contributed by atoms with van der Waals surface area (Å²) in [6.45, 7) is 3.63. The molecule has 71 heavy (non-hydrogen) atoms. The molecule has 0 saturated heterocycles. The average Bonchev–Trinajstić information content (AvgIpc) is 3.36. The lowest BCUT2D eigenvalue weighted by Gasteiger charge is -2.19. The van der Waals surface area contributed by atoms with E-state index in [9.17, 15) is 19.0 Å². The Hall–Kier alpha value is -2.29. The Morgan fingerprint density at radius 1 is 0.437 bits per heavy atom. The average molecular weight is 1020 g/mol. The van der Waals surface area contributed by atoms with Crippen LogP contribution < -0.4 is 5.73 Å². The van der Waals surface area contributed by atoms with Crippen LogP contribution in [0, 0.1) is 0 Å². The molecule has 2 atom stereocenters. The first kappa shape index (κ1) is 68.7. The van der Waals surface area contributed by atoms with E-state index < -0.39 is 26.5 Å². The van der Waals surface area contributed by atoms with Crippen molar-refractivity contribution in [2.24, 2.45) is 5.73 Å². The van der Waals surface area contributed by atoms with E-state index in [-0.39, 0.29) is 38.6 Å². The quantitative estimate of drug-likeness (QED) is 0.0264. The fourth-order valence-electron chi connectivity index (χ4n) is 8.51. The first-order valence-corrected chi connectivity index (χ1v) is 31.3. The van der Waals surface area contributed by atoms with E-state index in [1.165, 1.54) is 180 Å². The molecule has 9 nitrogen and oxygen atoms in total. The van der Waals surface area contributed by atoms with Crippen molar-refractivity contribution in [3.05, 3.63) is 60.8 Å². The molecule has 0 saturated carbocycles. The largest absolute Gasteiger partial charge is 0.472 e. The zero-order valence-electron chi connectivity index (χ0n) is 46.2. The third-order valence-corrected chi connectivity index (χ3v) is 13.9. The van der Waals surface area contributed by atoms with Crippen molar-refractivity contribution in [1.29, 1.82) is 0 Å². The number of ether oxygens (including phenoxy) is 2. The number of esters is 2. The lowest BCUT2D eigenvalue weighted by molar-refractivity contribution is -0.161. The highest BCUT2D eigenvalue weighted by atomic mass is 31.2. The molecule has 0 radical (unpaired) electrons. The number of phosphoric acid groups is 1. The number of rotatable bonds is 56. The van der Waals surface area contributed by atoms with E-state index >= 15 is 0 Å². The topological polar surface area (TPSA) is 134 Å². The second-order valence-corrected chi connectivity index (χ2v) is 21.3. The van der Waals surface area contributed by atoms with Gasteiger partial charge in [-0.3, -0.25) is 18.6 Å². The highest BCUT2D eigenvalue weighted by Gasteiger charge is 2.26. The van der Waals surface area contributed by atoms with Gasteiger partial charge in [0, 0.05) is 19.4 Å². The summed E-state index contributed by atoms with van der Waals surface area (Å²) in [6.07, 6.45) is 71.6. The standard InChI is InChI=1S/C61H112NO8P/c1-3-5-7-9-11-13-15-17-19-21-22-23-24-25-26-27-28-29-30-31-32-33-34-35-36-38-39-41-43-45-47-49-51-53-60(63)67-57-59(58-69-71(65,66)68-56-55-62)70-61(64)54-52-50-48-46-44-42-40-37-20-18-16-14-12-10-8-6-4-2/h6,8,12,14,18,20-22,40,42,59H,3-5,7,9-11,13,15-17,19,23-39,41,43-58,62H2,1-2H3,(H,65,66)/b8-6-,14-12-,20-18-,22-21-,42-40-. The number of phosphoric ester groups is 1. The molecule has 0 rings (SSSR count). The number of hydrogen-bond donors (Lipinski definition) is 2. The van der Waals surface area contributed by atoms with E-state index in [1.54, 1.807) is 0 Å². The van der Waals surface area contributed by atoms with Crippen molar-refractivity contribution < 1.29 is 37.6 Å². The summed E-state index contributed by atoms with van der Waals surface area (Å²) in [5.74, 6) is -0.848. The summed E-state index contributed by atoms with van der Waals surface area (Å²) in [6, 6.07) is 0. The van der Waals surface area contributed by atoms with Gasteiger partial charge in [-0.2, -0.15) is 0 Å². The van der Waals surface area contributed by atoms with Crippen molar-refractivity contribution in [2.75, 3.05) is 26.4 Å². The fourth-order valence-corrected chi connectivity index (χ4v) is 9.27. The van der Waals surface area contributed by atoms with Crippen LogP contribution in [-0.2, 0) is 32.7 Å². The molecule has 0 aromatic heterocycles. The molecule has 0 aliphatic rings. The molecule has 0 aliphatic carbocycles. The predicted molar refractivity (Wildman–Crippen MR) is 303 cm³/mol. The summed E-state index contributed by atoms with van der Waals surface area (Å²) in [7, 11) is -4.39. The van der Waals surface area contributed by atoms with Gasteiger partial charge in [0.05, 0.1) is 13.2 Å². The number of unbranched alkanes of at least 4 members (excludes halogenated alkanes) is 33. The number of nitrogens with two attached hydrogens (primary N) is 1. The molecule has 0 amide bonds. The molecule has 0 aliphatic heterocycles. The summed E-state index contributed by atoms with van der Waals surface area (Å²) in [5.41, 5.74) is 5.37. The normalized spacial score (nSPS) is 13.5. The summed E-state index contributed by atoms with van der Waals surface area (Å²) >= 11 is 0. The molecular weight excluding hydrogens is 906 g/mol. The number of carbonyl (C=O) groups excluding carboxylic acids is 2. The fraction of sp³-hybridized carbons (Fsp3) is 0.803. The van der Waals surface area contributed by atoms with E-state index in [0.717, 1.165) is 70.6 Å². The summed E-state index contributed by atoms with van der Waals surface area (Å²) in [4.78, 5) is 35.1. The molecule has 2 unspecified atom stereocenters. The van der Waals surface area contributed by atoms with Crippen molar-refractivity contribution >= 4 is 19.8 Å². The van der Waals surface area contributed by atoms with Gasteiger partial charge >= 0.3 is 19.8 Å². The third-order valence-electron chi connectivity index (χ3n) is 12.9. The van der Waals surface area contributed by atoms with Crippen molar-refractivity contribution in [3.8, 4) is 0 Å². The first-order chi connectivity index (χ1) is 34.8. The van der Waals surface area contributed by atoms with Gasteiger partial charge in [0.15, 0.2) is 6.10 Å². The minimum Gasteiger partial charge on any atom is -0.462 e. The van der Waals surface area contributed by atoms with Crippen LogP contribution in [0.5, 0.6) is 0 Å². The van der Waals surface area contributed by atoms with Crippen LogP contribution in [0.3, 0.4) is 0 Å². The molecule has 0 heterocycles. The van der Waals surface area contributed by atoms with Gasteiger partial charge < -0.3 is 20.1 Å².